The van der Waals surface area contributed by atoms with Crippen molar-refractivity contribution in [3.8, 4) is 0 Å². The molecule has 1 aromatic rings. The first-order valence-corrected chi connectivity index (χ1v) is 5.20. The van der Waals surface area contributed by atoms with Crippen molar-refractivity contribution in [3.05, 3.63) is 28.2 Å². The van der Waals surface area contributed by atoms with Crippen LogP contribution in [0.3, 0.4) is 0 Å². The van der Waals surface area contributed by atoms with E-state index in [1.165, 1.54) is 5.56 Å². The Morgan fingerprint density at radius 3 is 2.85 bits per heavy atom. The molecule has 0 amide bonds. The van der Waals surface area contributed by atoms with E-state index in [0.29, 0.717) is 6.54 Å². The summed E-state index contributed by atoms with van der Waals surface area (Å²) in [6.45, 7) is 2.89. The molecule has 1 rings (SSSR count). The molecule has 0 saturated heterocycles. The largest absolute Gasteiger partial charge is 0.395 e. The van der Waals surface area contributed by atoms with Crippen LogP contribution in [-0.4, -0.2) is 18.3 Å². The fourth-order valence-corrected chi connectivity index (χ4v) is 1.63. The Morgan fingerprint density at radius 1 is 1.46 bits per heavy atom. The normalized spacial score (nSPS) is 10.1. The van der Waals surface area contributed by atoms with Gasteiger partial charge in [-0.1, -0.05) is 22.9 Å². The summed E-state index contributed by atoms with van der Waals surface area (Å²) in [5.74, 6) is 0. The average Bonchev–Trinajstić information content (AvgIpc) is 2.16. The van der Waals surface area contributed by atoms with Crippen LogP contribution in [0.15, 0.2) is 22.7 Å². The van der Waals surface area contributed by atoms with Crippen molar-refractivity contribution < 1.29 is 5.11 Å². The second-order valence-electron chi connectivity index (χ2n) is 2.81. The van der Waals surface area contributed by atoms with E-state index in [2.05, 4.69) is 34.2 Å². The van der Waals surface area contributed by atoms with Crippen LogP contribution in [0, 0.1) is 0 Å². The summed E-state index contributed by atoms with van der Waals surface area (Å²) in [5.41, 5.74) is 2.38. The van der Waals surface area contributed by atoms with Gasteiger partial charge < -0.3 is 10.4 Å². The highest BCUT2D eigenvalue weighted by Gasteiger charge is 1.99. The molecule has 0 aromatic heterocycles. The molecule has 72 valence electrons. The molecule has 0 radical (unpaired) electrons. The minimum atomic E-state index is 0.166. The van der Waals surface area contributed by atoms with Crippen LogP contribution in [0.5, 0.6) is 0 Å². The molecule has 0 fully saturated rings. The third-order valence-electron chi connectivity index (χ3n) is 1.88. The van der Waals surface area contributed by atoms with E-state index in [1.807, 2.05) is 12.1 Å². The van der Waals surface area contributed by atoms with Crippen LogP contribution in [0.1, 0.15) is 12.5 Å². The first-order valence-electron chi connectivity index (χ1n) is 4.41. The van der Waals surface area contributed by atoms with Crippen molar-refractivity contribution in [2.45, 2.75) is 13.3 Å². The van der Waals surface area contributed by atoms with Crippen LogP contribution < -0.4 is 5.32 Å². The van der Waals surface area contributed by atoms with Gasteiger partial charge in [-0.15, -0.1) is 0 Å². The van der Waals surface area contributed by atoms with Gasteiger partial charge in [-0.25, -0.2) is 0 Å². The quantitative estimate of drug-likeness (QED) is 0.852. The second kappa shape index (κ2) is 5.25. The van der Waals surface area contributed by atoms with Crippen molar-refractivity contribution in [3.63, 3.8) is 0 Å². The Morgan fingerprint density at radius 2 is 2.23 bits per heavy atom. The van der Waals surface area contributed by atoms with E-state index in [1.54, 1.807) is 0 Å². The van der Waals surface area contributed by atoms with E-state index in [9.17, 15) is 0 Å². The Kier molecular flexibility index (Phi) is 4.25. The zero-order valence-corrected chi connectivity index (χ0v) is 9.26. The van der Waals surface area contributed by atoms with Gasteiger partial charge in [0.2, 0.25) is 0 Å². The smallest absolute Gasteiger partial charge is 0.0604 e. The average molecular weight is 244 g/mol. The van der Waals surface area contributed by atoms with Gasteiger partial charge in [-0.2, -0.15) is 0 Å². The standard InChI is InChI=1S/C10H14BrNO/c1-2-8-7-9(11)3-4-10(8)12-5-6-13/h3-4,7,12-13H,2,5-6H2,1H3. The first-order chi connectivity index (χ1) is 6.27. The summed E-state index contributed by atoms with van der Waals surface area (Å²) >= 11 is 3.43. The van der Waals surface area contributed by atoms with Gasteiger partial charge in [0.1, 0.15) is 0 Å². The lowest BCUT2D eigenvalue weighted by molar-refractivity contribution is 0.311. The molecule has 0 unspecified atom stereocenters. The fraction of sp³-hybridized carbons (Fsp3) is 0.400. The molecular formula is C10H14BrNO. The number of benzene rings is 1. The Hall–Kier alpha value is -0.540. The fourth-order valence-electron chi connectivity index (χ4n) is 1.22. The van der Waals surface area contributed by atoms with Gasteiger partial charge in [0.25, 0.3) is 0 Å². The van der Waals surface area contributed by atoms with Crippen LogP contribution in [0.25, 0.3) is 0 Å². The van der Waals surface area contributed by atoms with Crippen LogP contribution in [-0.2, 0) is 6.42 Å². The minimum absolute atomic E-state index is 0.166. The van der Waals surface area contributed by atoms with Gasteiger partial charge in [-0.05, 0) is 30.2 Å². The number of aliphatic hydroxyl groups is 1. The molecule has 13 heavy (non-hydrogen) atoms. The zero-order chi connectivity index (χ0) is 9.68. The molecule has 3 heteroatoms. The maximum Gasteiger partial charge on any atom is 0.0604 e. The van der Waals surface area contributed by atoms with Gasteiger partial charge >= 0.3 is 0 Å². The zero-order valence-electron chi connectivity index (χ0n) is 7.68. The summed E-state index contributed by atoms with van der Waals surface area (Å²) in [7, 11) is 0. The highest BCUT2D eigenvalue weighted by atomic mass is 79.9. The van der Waals surface area contributed by atoms with Crippen molar-refractivity contribution in [2.75, 3.05) is 18.5 Å². The van der Waals surface area contributed by atoms with E-state index >= 15 is 0 Å². The van der Waals surface area contributed by atoms with E-state index in [0.717, 1.165) is 16.6 Å². The van der Waals surface area contributed by atoms with Crippen molar-refractivity contribution in [1.82, 2.24) is 0 Å². The highest BCUT2D eigenvalue weighted by molar-refractivity contribution is 9.10. The maximum atomic E-state index is 8.67. The monoisotopic (exact) mass is 243 g/mol. The van der Waals surface area contributed by atoms with E-state index < -0.39 is 0 Å². The second-order valence-corrected chi connectivity index (χ2v) is 3.72. The third kappa shape index (κ3) is 3.01. The van der Waals surface area contributed by atoms with Gasteiger partial charge in [0.15, 0.2) is 0 Å². The number of hydrogen-bond donors (Lipinski definition) is 2. The summed E-state index contributed by atoms with van der Waals surface area (Å²) in [4.78, 5) is 0. The molecule has 0 spiro atoms. The number of halogens is 1. The lowest BCUT2D eigenvalue weighted by Crippen LogP contribution is -2.07. The Balaban J connectivity index is 2.79. The summed E-state index contributed by atoms with van der Waals surface area (Å²) in [6, 6.07) is 6.12. The van der Waals surface area contributed by atoms with E-state index in [4.69, 9.17) is 5.11 Å². The molecule has 0 aliphatic rings. The molecule has 0 aliphatic heterocycles. The predicted octanol–water partition coefficient (Wildman–Crippen LogP) is 2.42. The first kappa shape index (κ1) is 10.5. The van der Waals surface area contributed by atoms with Gasteiger partial charge in [-0.3, -0.25) is 0 Å². The maximum absolute atomic E-state index is 8.67. The minimum Gasteiger partial charge on any atom is -0.395 e. The number of aliphatic hydroxyl groups excluding tert-OH is 1. The van der Waals surface area contributed by atoms with Crippen LogP contribution >= 0.6 is 15.9 Å². The molecule has 1 aromatic carbocycles. The lowest BCUT2D eigenvalue weighted by Gasteiger charge is -2.09. The third-order valence-corrected chi connectivity index (χ3v) is 2.37. The summed E-state index contributed by atoms with van der Waals surface area (Å²) in [6.07, 6.45) is 0.993. The summed E-state index contributed by atoms with van der Waals surface area (Å²) < 4.78 is 1.10. The topological polar surface area (TPSA) is 32.3 Å². The molecule has 0 bridgehead atoms. The number of aryl methyl sites for hydroxylation is 1. The molecule has 0 aliphatic carbocycles. The lowest BCUT2D eigenvalue weighted by atomic mass is 10.1. The van der Waals surface area contributed by atoms with Crippen LogP contribution in [0.4, 0.5) is 5.69 Å². The van der Waals surface area contributed by atoms with Crippen molar-refractivity contribution >= 4 is 21.6 Å². The number of nitrogens with one attached hydrogen (secondary N) is 1. The summed E-state index contributed by atoms with van der Waals surface area (Å²) in [5, 5.41) is 11.8. The molecular weight excluding hydrogens is 230 g/mol. The highest BCUT2D eigenvalue weighted by Crippen LogP contribution is 2.21. The molecule has 0 saturated carbocycles. The Labute approximate surface area is 87.1 Å². The number of anilines is 1. The molecule has 2 N–H and O–H groups in total. The number of hydrogen-bond acceptors (Lipinski definition) is 2. The number of rotatable bonds is 4. The van der Waals surface area contributed by atoms with E-state index in [-0.39, 0.29) is 6.61 Å². The SMILES string of the molecule is CCc1cc(Br)ccc1NCCO. The molecule has 0 atom stereocenters. The van der Waals surface area contributed by atoms with Gasteiger partial charge in [0.05, 0.1) is 6.61 Å². The van der Waals surface area contributed by atoms with Crippen molar-refractivity contribution in [2.24, 2.45) is 0 Å². The molecule has 2 nitrogen and oxygen atoms in total. The Bertz CT molecular complexity index is 276. The van der Waals surface area contributed by atoms with Crippen molar-refractivity contribution in [1.29, 1.82) is 0 Å². The van der Waals surface area contributed by atoms with Gasteiger partial charge in [0, 0.05) is 16.7 Å². The van der Waals surface area contributed by atoms with Crippen LogP contribution in [0.2, 0.25) is 0 Å². The predicted molar refractivity (Wildman–Crippen MR) is 59.1 cm³/mol. The molecule has 0 heterocycles.